The molecule has 3 heterocycles. The monoisotopic (exact) mass is 446 g/mol. The largest absolute Gasteiger partial charge is 0.489 e. The van der Waals surface area contributed by atoms with Crippen LogP contribution in [0.3, 0.4) is 0 Å². The van der Waals surface area contributed by atoms with Crippen LogP contribution in [0, 0.1) is 0 Å². The summed E-state index contributed by atoms with van der Waals surface area (Å²) in [5, 5.41) is 3.63. The fourth-order valence-corrected chi connectivity index (χ4v) is 3.36. The number of nitrogens with one attached hydrogen (secondary N) is 1. The van der Waals surface area contributed by atoms with Crippen LogP contribution in [0.2, 0.25) is 0 Å². The number of nitrogens with zero attached hydrogens (tertiary/aromatic N) is 5. The van der Waals surface area contributed by atoms with E-state index in [4.69, 9.17) is 16.2 Å². The van der Waals surface area contributed by atoms with Gasteiger partial charge in [0.1, 0.15) is 30.1 Å². The number of benzene rings is 1. The van der Waals surface area contributed by atoms with Crippen LogP contribution in [-0.2, 0) is 6.61 Å². The van der Waals surface area contributed by atoms with Crippen LogP contribution in [0.4, 0.5) is 11.5 Å². The Kier molecular flexibility index (Phi) is 6.36. The van der Waals surface area contributed by atoms with Crippen LogP contribution >= 0.6 is 0 Å². The summed E-state index contributed by atoms with van der Waals surface area (Å²) >= 11 is 0. The van der Waals surface area contributed by atoms with Crippen molar-refractivity contribution in [1.82, 2.24) is 29.7 Å². The van der Waals surface area contributed by atoms with Crippen molar-refractivity contribution >= 4 is 28.4 Å². The Balaban J connectivity index is 1.44. The van der Waals surface area contributed by atoms with Crippen molar-refractivity contribution in [2.75, 3.05) is 38.7 Å². The topological polar surface area (TPSA) is 137 Å². The summed E-state index contributed by atoms with van der Waals surface area (Å²) in [6, 6.07) is 8.88. The number of anilines is 2. The van der Waals surface area contributed by atoms with Crippen molar-refractivity contribution in [2.24, 2.45) is 0 Å². The minimum absolute atomic E-state index is 0.207. The molecular weight excluding hydrogens is 420 g/mol. The first-order valence-corrected chi connectivity index (χ1v) is 10.4. The number of aromatic nitrogens is 4. The minimum Gasteiger partial charge on any atom is -0.489 e. The number of carbonyl (C=O) groups is 1. The van der Waals surface area contributed by atoms with Gasteiger partial charge >= 0.3 is 0 Å². The van der Waals surface area contributed by atoms with E-state index in [1.54, 1.807) is 30.6 Å². The van der Waals surface area contributed by atoms with Gasteiger partial charge in [-0.05, 0) is 38.4 Å². The maximum atomic E-state index is 12.3. The predicted molar refractivity (Wildman–Crippen MR) is 127 cm³/mol. The molecule has 0 aliphatic carbocycles. The van der Waals surface area contributed by atoms with Crippen LogP contribution in [-0.4, -0.2) is 57.5 Å². The minimum atomic E-state index is -0.207. The smallest absolute Gasteiger partial charge is 0.253 e. The molecule has 0 bridgehead atoms. The lowest BCUT2D eigenvalue weighted by molar-refractivity contribution is 0.0952. The number of carbonyl (C=O) groups excluding carboxylic acids is 1. The number of amides is 1. The standard InChI is InChI=1S/C23H26N8O2/c1-30(2)8-6-27-23(32)18-4-3-17(10-20(18)24)33-13-15-9-16(12-26-11-15)31-7-5-19-21(25)28-14-29-22(19)31/h3-5,7,9-12,14H,6,8,13,24H2,1-2H3,(H,27,32)(H2,25,28,29). The SMILES string of the molecule is CN(C)CCNC(=O)c1ccc(OCc2cncc(-n3ccc4c(N)ncnc43)c2)cc1N. The maximum Gasteiger partial charge on any atom is 0.253 e. The van der Waals surface area contributed by atoms with E-state index in [0.29, 0.717) is 35.0 Å². The molecule has 0 fully saturated rings. The second-order valence-corrected chi connectivity index (χ2v) is 7.83. The Labute approximate surface area is 191 Å². The van der Waals surface area contributed by atoms with Gasteiger partial charge in [-0.3, -0.25) is 14.3 Å². The second kappa shape index (κ2) is 9.53. The number of fused-ring (bicyclic) bond motifs is 1. The van der Waals surface area contributed by atoms with Gasteiger partial charge in [-0.25, -0.2) is 9.97 Å². The molecule has 10 nitrogen and oxygen atoms in total. The summed E-state index contributed by atoms with van der Waals surface area (Å²) < 4.78 is 7.78. The van der Waals surface area contributed by atoms with E-state index < -0.39 is 0 Å². The Morgan fingerprint density at radius 3 is 2.79 bits per heavy atom. The van der Waals surface area contributed by atoms with E-state index in [1.165, 1.54) is 6.33 Å². The van der Waals surface area contributed by atoms with Gasteiger partial charge in [0.25, 0.3) is 5.91 Å². The fraction of sp³-hybridized carbons (Fsp3) is 0.217. The van der Waals surface area contributed by atoms with Gasteiger partial charge in [-0.2, -0.15) is 0 Å². The quantitative estimate of drug-likeness (QED) is 0.349. The van der Waals surface area contributed by atoms with Gasteiger partial charge in [0.2, 0.25) is 0 Å². The van der Waals surface area contributed by atoms with Gasteiger partial charge in [0, 0.05) is 42.8 Å². The third-order valence-corrected chi connectivity index (χ3v) is 5.09. The van der Waals surface area contributed by atoms with Crippen molar-refractivity contribution in [3.63, 3.8) is 0 Å². The Bertz CT molecular complexity index is 1280. The second-order valence-electron chi connectivity index (χ2n) is 7.83. The molecule has 170 valence electrons. The van der Waals surface area contributed by atoms with E-state index >= 15 is 0 Å². The van der Waals surface area contributed by atoms with Gasteiger partial charge < -0.3 is 26.4 Å². The number of ether oxygens (including phenoxy) is 1. The summed E-state index contributed by atoms with van der Waals surface area (Å²) in [7, 11) is 3.89. The Morgan fingerprint density at radius 2 is 2.00 bits per heavy atom. The van der Waals surface area contributed by atoms with Crippen LogP contribution < -0.4 is 21.5 Å². The molecule has 0 atom stereocenters. The van der Waals surface area contributed by atoms with Crippen molar-refractivity contribution in [3.8, 4) is 11.4 Å². The maximum absolute atomic E-state index is 12.3. The van der Waals surface area contributed by atoms with Gasteiger partial charge in [0.15, 0.2) is 0 Å². The molecule has 0 aliphatic heterocycles. The molecule has 0 saturated heterocycles. The third-order valence-electron chi connectivity index (χ3n) is 5.09. The number of pyridine rings is 1. The fourth-order valence-electron chi connectivity index (χ4n) is 3.36. The van der Waals surface area contributed by atoms with Crippen LogP contribution in [0.1, 0.15) is 15.9 Å². The Hall–Kier alpha value is -4.18. The first-order valence-electron chi connectivity index (χ1n) is 10.4. The first kappa shape index (κ1) is 22.0. The molecule has 5 N–H and O–H groups in total. The number of nitrogen functional groups attached to an aromatic ring is 2. The lowest BCUT2D eigenvalue weighted by atomic mass is 10.1. The van der Waals surface area contributed by atoms with Crippen LogP contribution in [0.25, 0.3) is 16.7 Å². The zero-order valence-electron chi connectivity index (χ0n) is 18.5. The normalized spacial score (nSPS) is 11.1. The highest BCUT2D eigenvalue weighted by Crippen LogP contribution is 2.23. The molecular formula is C23H26N8O2. The van der Waals surface area contributed by atoms with Gasteiger partial charge in [0.05, 0.1) is 22.8 Å². The van der Waals surface area contributed by atoms with Crippen LogP contribution in [0.5, 0.6) is 5.75 Å². The summed E-state index contributed by atoms with van der Waals surface area (Å²) in [5.74, 6) is 0.787. The van der Waals surface area contributed by atoms with Crippen molar-refractivity contribution < 1.29 is 9.53 Å². The van der Waals surface area contributed by atoms with Gasteiger partial charge in [-0.15, -0.1) is 0 Å². The number of hydrogen-bond acceptors (Lipinski definition) is 8. The highest BCUT2D eigenvalue weighted by Gasteiger charge is 2.11. The lowest BCUT2D eigenvalue weighted by Gasteiger charge is -2.13. The molecule has 0 aliphatic rings. The number of likely N-dealkylation sites (N-methyl/N-ethyl adjacent to an activating group) is 1. The molecule has 33 heavy (non-hydrogen) atoms. The Morgan fingerprint density at radius 1 is 1.15 bits per heavy atom. The van der Waals surface area contributed by atoms with Crippen molar-refractivity contribution in [2.45, 2.75) is 6.61 Å². The molecule has 0 saturated carbocycles. The highest BCUT2D eigenvalue weighted by atomic mass is 16.5. The molecule has 0 spiro atoms. The molecule has 0 unspecified atom stereocenters. The lowest BCUT2D eigenvalue weighted by Crippen LogP contribution is -2.31. The highest BCUT2D eigenvalue weighted by molar-refractivity contribution is 5.99. The molecule has 4 aromatic rings. The summed E-state index contributed by atoms with van der Waals surface area (Å²) in [4.78, 5) is 27.0. The van der Waals surface area contributed by atoms with Crippen molar-refractivity contribution in [3.05, 3.63) is 66.4 Å². The third kappa shape index (κ3) is 5.01. The number of rotatable bonds is 8. The molecule has 4 rings (SSSR count). The van der Waals surface area contributed by atoms with E-state index in [2.05, 4.69) is 20.3 Å². The molecule has 3 aromatic heterocycles. The number of nitrogens with two attached hydrogens (primary N) is 2. The molecule has 1 amide bonds. The van der Waals surface area contributed by atoms with E-state index in [9.17, 15) is 4.79 Å². The van der Waals surface area contributed by atoms with E-state index in [0.717, 1.165) is 23.2 Å². The predicted octanol–water partition coefficient (Wildman–Crippen LogP) is 1.85. The van der Waals surface area contributed by atoms with Crippen LogP contribution in [0.15, 0.2) is 55.2 Å². The van der Waals surface area contributed by atoms with E-state index in [-0.39, 0.29) is 12.5 Å². The van der Waals surface area contributed by atoms with Gasteiger partial charge in [-0.1, -0.05) is 0 Å². The zero-order chi connectivity index (χ0) is 23.4. The first-order chi connectivity index (χ1) is 15.9. The zero-order valence-corrected chi connectivity index (χ0v) is 18.5. The average Bonchev–Trinajstić information content (AvgIpc) is 3.23. The number of hydrogen-bond donors (Lipinski definition) is 3. The van der Waals surface area contributed by atoms with Crippen molar-refractivity contribution in [1.29, 1.82) is 0 Å². The molecule has 1 aromatic carbocycles. The molecule has 0 radical (unpaired) electrons. The molecule has 10 heteroatoms. The summed E-state index contributed by atoms with van der Waals surface area (Å²) in [6.45, 7) is 1.58. The average molecular weight is 447 g/mol. The summed E-state index contributed by atoms with van der Waals surface area (Å²) in [6.07, 6.45) is 6.78. The van der Waals surface area contributed by atoms with E-state index in [1.807, 2.05) is 41.9 Å². The summed E-state index contributed by atoms with van der Waals surface area (Å²) in [5.41, 5.74) is 15.2.